The molecule has 0 aliphatic heterocycles. The van der Waals surface area contributed by atoms with Gasteiger partial charge in [0.2, 0.25) is 0 Å². The molecule has 108 valence electrons. The van der Waals surface area contributed by atoms with E-state index < -0.39 is 12.7 Å². The standard InChI is InChI=1S/C13H20F3N3/c1-3-6-17-11-5-7-18-12(8-11)9-19(4-2)10-13(14,15)16/h5,7-8H,3-4,6,9-10H2,1-2H3,(H,17,18). The highest BCUT2D eigenvalue weighted by atomic mass is 19.4. The van der Waals surface area contributed by atoms with E-state index in [4.69, 9.17) is 0 Å². The number of anilines is 1. The average Bonchev–Trinajstić information content (AvgIpc) is 2.34. The van der Waals surface area contributed by atoms with Gasteiger partial charge >= 0.3 is 6.18 Å². The van der Waals surface area contributed by atoms with Crippen LogP contribution in [0.25, 0.3) is 0 Å². The molecule has 19 heavy (non-hydrogen) atoms. The minimum Gasteiger partial charge on any atom is -0.385 e. The number of hydrogen-bond donors (Lipinski definition) is 1. The van der Waals surface area contributed by atoms with Crippen LogP contribution in [0.3, 0.4) is 0 Å². The Balaban J connectivity index is 2.63. The highest BCUT2D eigenvalue weighted by Crippen LogP contribution is 2.18. The number of halogens is 3. The molecule has 3 nitrogen and oxygen atoms in total. The molecule has 1 aromatic heterocycles. The van der Waals surface area contributed by atoms with E-state index in [2.05, 4.69) is 17.2 Å². The van der Waals surface area contributed by atoms with Gasteiger partial charge in [0.15, 0.2) is 0 Å². The van der Waals surface area contributed by atoms with E-state index in [1.165, 1.54) is 4.90 Å². The van der Waals surface area contributed by atoms with Gasteiger partial charge in [-0.15, -0.1) is 0 Å². The molecule has 0 unspecified atom stereocenters. The molecule has 0 radical (unpaired) electrons. The van der Waals surface area contributed by atoms with E-state index in [-0.39, 0.29) is 6.54 Å². The normalized spacial score (nSPS) is 11.9. The van der Waals surface area contributed by atoms with Crippen molar-refractivity contribution < 1.29 is 13.2 Å². The molecular weight excluding hydrogens is 255 g/mol. The van der Waals surface area contributed by atoms with Crippen molar-refractivity contribution in [3.63, 3.8) is 0 Å². The first kappa shape index (κ1) is 15.8. The summed E-state index contributed by atoms with van der Waals surface area (Å²) in [5.41, 5.74) is 1.54. The molecule has 0 saturated carbocycles. The monoisotopic (exact) mass is 275 g/mol. The number of hydrogen-bond acceptors (Lipinski definition) is 3. The summed E-state index contributed by atoms with van der Waals surface area (Å²) in [7, 11) is 0. The SMILES string of the molecule is CCCNc1ccnc(CN(CC)CC(F)(F)F)c1. The van der Waals surface area contributed by atoms with Crippen LogP contribution >= 0.6 is 0 Å². The first-order chi connectivity index (χ1) is 8.94. The Hall–Kier alpha value is -1.30. The van der Waals surface area contributed by atoms with Gasteiger partial charge in [-0.1, -0.05) is 13.8 Å². The van der Waals surface area contributed by atoms with E-state index in [1.807, 2.05) is 6.07 Å². The highest BCUT2D eigenvalue weighted by molar-refractivity contribution is 5.43. The predicted molar refractivity (Wildman–Crippen MR) is 70.0 cm³/mol. The third kappa shape index (κ3) is 6.42. The maximum Gasteiger partial charge on any atom is 0.401 e. The first-order valence-electron chi connectivity index (χ1n) is 6.42. The van der Waals surface area contributed by atoms with Crippen LogP contribution in [0.4, 0.5) is 18.9 Å². The van der Waals surface area contributed by atoms with Gasteiger partial charge < -0.3 is 5.32 Å². The number of alkyl halides is 3. The largest absolute Gasteiger partial charge is 0.401 e. The second kappa shape index (κ2) is 7.33. The van der Waals surface area contributed by atoms with Crippen molar-refractivity contribution in [2.45, 2.75) is 33.0 Å². The summed E-state index contributed by atoms with van der Waals surface area (Å²) >= 11 is 0. The van der Waals surface area contributed by atoms with Crippen molar-refractivity contribution >= 4 is 5.69 Å². The minimum atomic E-state index is -4.17. The lowest BCUT2D eigenvalue weighted by Gasteiger charge is -2.21. The third-order valence-corrected chi connectivity index (χ3v) is 2.63. The number of rotatable bonds is 7. The summed E-state index contributed by atoms with van der Waals surface area (Å²) < 4.78 is 37.1. The van der Waals surface area contributed by atoms with Gasteiger partial charge in [0.25, 0.3) is 0 Å². The summed E-state index contributed by atoms with van der Waals surface area (Å²) in [5, 5.41) is 3.19. The average molecular weight is 275 g/mol. The number of nitrogens with one attached hydrogen (secondary N) is 1. The lowest BCUT2D eigenvalue weighted by Crippen LogP contribution is -2.33. The molecule has 0 aliphatic rings. The predicted octanol–water partition coefficient (Wildman–Crippen LogP) is 3.29. The molecule has 6 heteroatoms. The maximum atomic E-state index is 12.4. The molecule has 1 N–H and O–H groups in total. The zero-order chi connectivity index (χ0) is 14.3. The van der Waals surface area contributed by atoms with Crippen LogP contribution in [0, 0.1) is 0 Å². The fourth-order valence-electron chi connectivity index (χ4n) is 1.71. The van der Waals surface area contributed by atoms with Gasteiger partial charge in [0.05, 0.1) is 12.2 Å². The Morgan fingerprint density at radius 2 is 2.05 bits per heavy atom. The molecule has 0 atom stereocenters. The van der Waals surface area contributed by atoms with Crippen molar-refractivity contribution in [1.82, 2.24) is 9.88 Å². The second-order valence-electron chi connectivity index (χ2n) is 4.38. The first-order valence-corrected chi connectivity index (χ1v) is 6.42. The van der Waals surface area contributed by atoms with E-state index in [0.717, 1.165) is 18.7 Å². The fraction of sp³-hybridized carbons (Fsp3) is 0.615. The van der Waals surface area contributed by atoms with Gasteiger partial charge in [-0.05, 0) is 25.1 Å². The van der Waals surface area contributed by atoms with Gasteiger partial charge in [0, 0.05) is 25.0 Å². The van der Waals surface area contributed by atoms with E-state index in [9.17, 15) is 13.2 Å². The second-order valence-corrected chi connectivity index (χ2v) is 4.38. The summed E-state index contributed by atoms with van der Waals surface area (Å²) in [4.78, 5) is 5.44. The van der Waals surface area contributed by atoms with Crippen molar-refractivity contribution in [1.29, 1.82) is 0 Å². The molecule has 0 aromatic carbocycles. The molecule has 1 aromatic rings. The maximum absolute atomic E-state index is 12.4. The number of aromatic nitrogens is 1. The van der Waals surface area contributed by atoms with Gasteiger partial charge in [0.1, 0.15) is 0 Å². The lowest BCUT2D eigenvalue weighted by molar-refractivity contribution is -0.146. The Kier molecular flexibility index (Phi) is 6.08. The molecule has 0 aliphatic carbocycles. The Labute approximate surface area is 111 Å². The van der Waals surface area contributed by atoms with Crippen LogP contribution < -0.4 is 5.32 Å². The summed E-state index contributed by atoms with van der Waals surface area (Å²) in [6, 6.07) is 3.62. The summed E-state index contributed by atoms with van der Waals surface area (Å²) in [6.45, 7) is 4.24. The lowest BCUT2D eigenvalue weighted by atomic mass is 10.3. The van der Waals surface area contributed by atoms with Gasteiger partial charge in [-0.3, -0.25) is 9.88 Å². The molecule has 0 fully saturated rings. The van der Waals surface area contributed by atoms with E-state index in [1.54, 1.807) is 19.2 Å². The van der Waals surface area contributed by atoms with Crippen LogP contribution in [-0.2, 0) is 6.54 Å². The van der Waals surface area contributed by atoms with Crippen LogP contribution in [0.5, 0.6) is 0 Å². The number of nitrogens with zero attached hydrogens (tertiary/aromatic N) is 2. The van der Waals surface area contributed by atoms with Crippen molar-refractivity contribution in [3.8, 4) is 0 Å². The smallest absolute Gasteiger partial charge is 0.385 e. The van der Waals surface area contributed by atoms with Crippen molar-refractivity contribution in [3.05, 3.63) is 24.0 Å². The molecule has 1 rings (SSSR count). The molecule has 0 bridgehead atoms. The van der Waals surface area contributed by atoms with E-state index in [0.29, 0.717) is 12.2 Å². The Bertz CT molecular complexity index is 380. The Morgan fingerprint density at radius 1 is 1.32 bits per heavy atom. The topological polar surface area (TPSA) is 28.2 Å². The number of pyridine rings is 1. The fourth-order valence-corrected chi connectivity index (χ4v) is 1.71. The quantitative estimate of drug-likeness (QED) is 0.827. The summed E-state index contributed by atoms with van der Waals surface area (Å²) in [5.74, 6) is 0. The third-order valence-electron chi connectivity index (χ3n) is 2.63. The van der Waals surface area contributed by atoms with E-state index >= 15 is 0 Å². The van der Waals surface area contributed by atoms with Crippen LogP contribution in [0.2, 0.25) is 0 Å². The van der Waals surface area contributed by atoms with Gasteiger partial charge in [-0.25, -0.2) is 0 Å². The molecule has 0 amide bonds. The zero-order valence-corrected chi connectivity index (χ0v) is 11.3. The van der Waals surface area contributed by atoms with Crippen molar-refractivity contribution in [2.24, 2.45) is 0 Å². The van der Waals surface area contributed by atoms with Crippen LogP contribution in [0.1, 0.15) is 26.0 Å². The molecule has 0 saturated heterocycles. The zero-order valence-electron chi connectivity index (χ0n) is 11.3. The highest BCUT2D eigenvalue weighted by Gasteiger charge is 2.30. The minimum absolute atomic E-state index is 0.206. The molecule has 0 spiro atoms. The van der Waals surface area contributed by atoms with Gasteiger partial charge in [-0.2, -0.15) is 13.2 Å². The molecular formula is C13H20F3N3. The van der Waals surface area contributed by atoms with Crippen LogP contribution in [-0.4, -0.2) is 35.7 Å². The Morgan fingerprint density at radius 3 is 2.63 bits per heavy atom. The summed E-state index contributed by atoms with van der Waals surface area (Å²) in [6.07, 6.45) is -1.56. The molecule has 1 heterocycles. The van der Waals surface area contributed by atoms with Crippen molar-refractivity contribution in [2.75, 3.05) is 25.0 Å². The van der Waals surface area contributed by atoms with Crippen LogP contribution in [0.15, 0.2) is 18.3 Å².